The molecule has 3 aliphatic rings. The van der Waals surface area contributed by atoms with Gasteiger partial charge in [0.25, 0.3) is 5.91 Å². The summed E-state index contributed by atoms with van der Waals surface area (Å²) >= 11 is 0. The summed E-state index contributed by atoms with van der Waals surface area (Å²) in [6.07, 6.45) is 6.19. The molecule has 1 aromatic carbocycles. The first-order valence-electron chi connectivity index (χ1n) is 15.0. The van der Waals surface area contributed by atoms with Gasteiger partial charge in [0.2, 0.25) is 11.9 Å². The van der Waals surface area contributed by atoms with Gasteiger partial charge in [-0.3, -0.25) is 14.5 Å². The van der Waals surface area contributed by atoms with Crippen LogP contribution >= 0.6 is 0 Å². The molecule has 222 valence electrons. The highest BCUT2D eigenvalue weighted by molar-refractivity contribution is 6.01. The lowest BCUT2D eigenvalue weighted by molar-refractivity contribution is -0.125. The Balaban J connectivity index is 1.41. The fourth-order valence-electron chi connectivity index (χ4n) is 6.06. The van der Waals surface area contributed by atoms with Gasteiger partial charge < -0.3 is 25.2 Å². The summed E-state index contributed by atoms with van der Waals surface area (Å²) in [6.45, 7) is 14.6. The Hall–Kier alpha value is -3.40. The van der Waals surface area contributed by atoms with E-state index >= 15 is 0 Å². The van der Waals surface area contributed by atoms with E-state index in [-0.39, 0.29) is 24.0 Å². The lowest BCUT2D eigenvalue weighted by Gasteiger charge is -2.42. The second-order valence-electron chi connectivity index (χ2n) is 12.9. The van der Waals surface area contributed by atoms with E-state index in [2.05, 4.69) is 39.3 Å². The van der Waals surface area contributed by atoms with E-state index in [9.17, 15) is 9.59 Å². The van der Waals surface area contributed by atoms with Crippen molar-refractivity contribution >= 4 is 35.0 Å². The first kappa shape index (κ1) is 29.1. The smallest absolute Gasteiger partial charge is 0.251 e. The minimum absolute atomic E-state index is 0.0591. The van der Waals surface area contributed by atoms with Crippen LogP contribution in [0.5, 0.6) is 5.75 Å². The van der Waals surface area contributed by atoms with E-state index < -0.39 is 5.41 Å². The Morgan fingerprint density at radius 2 is 1.83 bits per heavy atom. The predicted octanol–water partition coefficient (Wildman–Crippen LogP) is 4.58. The van der Waals surface area contributed by atoms with Crippen molar-refractivity contribution in [2.24, 2.45) is 5.41 Å². The molecule has 2 aromatic rings. The number of nitrogens with one attached hydrogen (secondary N) is 2. The van der Waals surface area contributed by atoms with Crippen molar-refractivity contribution in [2.75, 3.05) is 41.8 Å². The minimum atomic E-state index is -0.549. The van der Waals surface area contributed by atoms with Crippen LogP contribution in [0.4, 0.5) is 23.1 Å². The molecule has 0 atom stereocenters. The van der Waals surface area contributed by atoms with Crippen LogP contribution in [0.25, 0.3) is 0 Å². The average Bonchev–Trinajstić information content (AvgIpc) is 3.41. The van der Waals surface area contributed by atoms with Gasteiger partial charge in [0.1, 0.15) is 11.4 Å². The van der Waals surface area contributed by atoms with Crippen LogP contribution in [0.15, 0.2) is 24.4 Å². The summed E-state index contributed by atoms with van der Waals surface area (Å²) in [5, 5.41) is 6.47. The lowest BCUT2D eigenvalue weighted by Crippen LogP contribution is -2.61. The Kier molecular flexibility index (Phi) is 8.14. The summed E-state index contributed by atoms with van der Waals surface area (Å²) in [7, 11) is 1.81. The number of amides is 2. The number of benzene rings is 1. The second kappa shape index (κ2) is 11.5. The second-order valence-corrected chi connectivity index (χ2v) is 12.9. The predicted molar refractivity (Wildman–Crippen MR) is 162 cm³/mol. The number of ether oxygens (including phenoxy) is 1. The number of rotatable bonds is 8. The Labute approximate surface area is 243 Å². The minimum Gasteiger partial charge on any atom is -0.489 e. The van der Waals surface area contributed by atoms with Crippen LogP contribution in [0.1, 0.15) is 77.6 Å². The molecule has 0 bridgehead atoms. The van der Waals surface area contributed by atoms with Crippen LogP contribution in [0.3, 0.4) is 0 Å². The number of hydrogen-bond acceptors (Lipinski definition) is 8. The number of carbonyl (C=O) groups is 2. The lowest BCUT2D eigenvalue weighted by atomic mass is 9.91. The molecule has 0 spiro atoms. The van der Waals surface area contributed by atoms with E-state index in [1.165, 1.54) is 12.8 Å². The molecule has 5 rings (SSSR count). The van der Waals surface area contributed by atoms with Crippen molar-refractivity contribution in [3.8, 4) is 5.75 Å². The molecule has 10 heteroatoms. The van der Waals surface area contributed by atoms with E-state index in [1.54, 1.807) is 30.3 Å². The highest BCUT2D eigenvalue weighted by Crippen LogP contribution is 2.40. The van der Waals surface area contributed by atoms with Gasteiger partial charge >= 0.3 is 0 Å². The van der Waals surface area contributed by atoms with Crippen molar-refractivity contribution in [3.63, 3.8) is 0 Å². The summed E-state index contributed by atoms with van der Waals surface area (Å²) in [4.78, 5) is 42.2. The van der Waals surface area contributed by atoms with E-state index in [0.29, 0.717) is 41.6 Å². The molecule has 41 heavy (non-hydrogen) atoms. The standard InChI is InChI=1S/C31H45N7O3/c1-19(2)37-16-22(17-37)33-28(39)21-12-13-24(26(14-21)41-20(3)4)34-30-32-15-25-27(35-30)38(23-10-8-9-11-23)18-31(5,6)29(40)36(25)7/h12-15,19-20,22-23H,8-11,16-18H2,1-7H3,(H,33,39)(H,32,34,35). The van der Waals surface area contributed by atoms with E-state index in [1.807, 2.05) is 33.8 Å². The maximum Gasteiger partial charge on any atom is 0.251 e. The first-order chi connectivity index (χ1) is 19.4. The number of hydrogen-bond donors (Lipinski definition) is 2. The molecule has 2 N–H and O–H groups in total. The van der Waals surface area contributed by atoms with Gasteiger partial charge in [-0.05, 0) is 72.6 Å². The average molecular weight is 564 g/mol. The topological polar surface area (TPSA) is 103 Å². The SMILES string of the molecule is CC(C)Oc1cc(C(=O)NC2CN(C(C)C)C2)ccc1Nc1ncc2c(n1)N(C1CCCC1)CC(C)(C)C(=O)N2C. The summed E-state index contributed by atoms with van der Waals surface area (Å²) in [6, 6.07) is 6.40. The van der Waals surface area contributed by atoms with E-state index in [4.69, 9.17) is 9.72 Å². The third-order valence-corrected chi connectivity index (χ3v) is 8.43. The third-order valence-electron chi connectivity index (χ3n) is 8.43. The maximum atomic E-state index is 13.3. The first-order valence-corrected chi connectivity index (χ1v) is 15.0. The monoisotopic (exact) mass is 563 g/mol. The number of fused-ring (bicyclic) bond motifs is 1. The van der Waals surface area contributed by atoms with Crippen molar-refractivity contribution in [3.05, 3.63) is 30.0 Å². The molecule has 1 aliphatic carbocycles. The fraction of sp³-hybridized carbons (Fsp3) is 0.613. The van der Waals surface area contributed by atoms with Crippen molar-refractivity contribution in [2.45, 2.75) is 91.5 Å². The number of likely N-dealkylation sites (tertiary alicyclic amines) is 1. The zero-order valence-electron chi connectivity index (χ0n) is 25.5. The fourth-order valence-corrected chi connectivity index (χ4v) is 6.06. The normalized spacial score (nSPS) is 19.8. The third kappa shape index (κ3) is 6.12. The van der Waals surface area contributed by atoms with Crippen molar-refractivity contribution in [1.82, 2.24) is 20.2 Å². The Bertz CT molecular complexity index is 1280. The van der Waals surface area contributed by atoms with Crippen LogP contribution in [-0.2, 0) is 4.79 Å². The molecule has 2 fully saturated rings. The highest BCUT2D eigenvalue weighted by Gasteiger charge is 2.41. The molecular formula is C31H45N7O3. The number of nitrogens with zero attached hydrogens (tertiary/aromatic N) is 5. The van der Waals surface area contributed by atoms with Gasteiger partial charge in [-0.25, -0.2) is 4.98 Å². The molecular weight excluding hydrogens is 518 g/mol. The molecule has 0 unspecified atom stereocenters. The van der Waals surface area contributed by atoms with Crippen LogP contribution in [0.2, 0.25) is 0 Å². The maximum absolute atomic E-state index is 13.3. The highest BCUT2D eigenvalue weighted by atomic mass is 16.5. The molecule has 3 heterocycles. The molecule has 2 amide bonds. The molecule has 0 radical (unpaired) electrons. The molecule has 10 nitrogen and oxygen atoms in total. The van der Waals surface area contributed by atoms with Gasteiger partial charge in [-0.1, -0.05) is 12.8 Å². The molecule has 1 saturated heterocycles. The van der Waals surface area contributed by atoms with Gasteiger partial charge in [0.05, 0.1) is 29.4 Å². The number of carbonyl (C=O) groups excluding carboxylic acids is 2. The van der Waals surface area contributed by atoms with Crippen LogP contribution in [0, 0.1) is 5.41 Å². The van der Waals surface area contributed by atoms with Gasteiger partial charge in [-0.2, -0.15) is 4.98 Å². The van der Waals surface area contributed by atoms with Crippen molar-refractivity contribution in [1.29, 1.82) is 0 Å². The van der Waals surface area contributed by atoms with Crippen LogP contribution in [-0.4, -0.2) is 77.6 Å². The Morgan fingerprint density at radius 3 is 2.49 bits per heavy atom. The molecule has 2 aliphatic heterocycles. The Morgan fingerprint density at radius 1 is 1.12 bits per heavy atom. The van der Waals surface area contributed by atoms with Gasteiger partial charge in [0.15, 0.2) is 5.82 Å². The quantitative estimate of drug-likeness (QED) is 0.481. The number of aromatic nitrogens is 2. The van der Waals surface area contributed by atoms with Gasteiger partial charge in [-0.15, -0.1) is 0 Å². The van der Waals surface area contributed by atoms with Crippen LogP contribution < -0.4 is 25.2 Å². The molecule has 1 aromatic heterocycles. The summed E-state index contributed by atoms with van der Waals surface area (Å²) in [5.41, 5.74) is 1.39. The van der Waals surface area contributed by atoms with Crippen molar-refractivity contribution < 1.29 is 14.3 Å². The van der Waals surface area contributed by atoms with E-state index in [0.717, 1.165) is 37.4 Å². The summed E-state index contributed by atoms with van der Waals surface area (Å²) < 4.78 is 6.13. The zero-order valence-corrected chi connectivity index (χ0v) is 25.5. The largest absolute Gasteiger partial charge is 0.489 e. The zero-order chi connectivity index (χ0) is 29.5. The number of anilines is 4. The van der Waals surface area contributed by atoms with Gasteiger partial charge in [0, 0.05) is 44.3 Å². The molecule has 1 saturated carbocycles. The summed E-state index contributed by atoms with van der Waals surface area (Å²) in [5.74, 6) is 1.70.